The van der Waals surface area contributed by atoms with Gasteiger partial charge in [-0.05, 0) is 33.6 Å². The topological polar surface area (TPSA) is 66.4 Å². The van der Waals surface area contributed by atoms with E-state index in [-0.39, 0.29) is 0 Å². The Kier molecular flexibility index (Phi) is 20.6. The van der Waals surface area contributed by atoms with Gasteiger partial charge in [-0.25, -0.2) is 8.42 Å². The molecule has 0 atom stereocenters. The number of quaternary nitrogens is 1. The highest BCUT2D eigenvalue weighted by Crippen LogP contribution is 2.14. The Bertz CT molecular complexity index is 387. The van der Waals surface area contributed by atoms with E-state index in [0.717, 1.165) is 7.11 Å². The van der Waals surface area contributed by atoms with E-state index < -0.39 is 10.4 Å². The quantitative estimate of drug-likeness (QED) is 0.135. The molecule has 0 bridgehead atoms. The van der Waals surface area contributed by atoms with Gasteiger partial charge in [-0.2, -0.15) is 0 Å². The van der Waals surface area contributed by atoms with Crippen molar-refractivity contribution in [2.24, 2.45) is 0 Å². The van der Waals surface area contributed by atoms with Crippen LogP contribution in [-0.4, -0.2) is 50.7 Å². The first-order valence-corrected chi connectivity index (χ1v) is 12.5. The number of hydrogen-bond acceptors (Lipinski definition) is 4. The van der Waals surface area contributed by atoms with Crippen LogP contribution in [0, 0.1) is 0 Å². The monoisotopic (exact) mass is 409 g/mol. The smallest absolute Gasteiger partial charge is 0.217 e. The summed E-state index contributed by atoms with van der Waals surface area (Å²) in [5.41, 5.74) is 0. The lowest BCUT2D eigenvalue weighted by Gasteiger charge is -2.35. The number of hydrogen-bond donors (Lipinski definition) is 0. The van der Waals surface area contributed by atoms with Crippen LogP contribution in [0.2, 0.25) is 0 Å². The minimum Gasteiger partial charge on any atom is -0.726 e. The van der Waals surface area contributed by atoms with Crippen LogP contribution < -0.4 is 0 Å². The molecule has 0 aliphatic rings. The van der Waals surface area contributed by atoms with Crippen molar-refractivity contribution in [3.63, 3.8) is 0 Å². The molecule has 27 heavy (non-hydrogen) atoms. The molecule has 0 unspecified atom stereocenters. The highest BCUT2D eigenvalue weighted by molar-refractivity contribution is 7.80. The predicted octanol–water partition coefficient (Wildman–Crippen LogP) is 5.66. The Morgan fingerprint density at radius 1 is 0.667 bits per heavy atom. The molecule has 0 N–H and O–H groups in total. The summed E-state index contributed by atoms with van der Waals surface area (Å²) in [6.07, 6.45) is 17.5. The molecule has 0 spiro atoms. The molecule has 0 rings (SSSR count). The number of unbranched alkanes of at least 4 members (excludes halogenated alkanes) is 11. The Hall–Kier alpha value is -0.170. The van der Waals surface area contributed by atoms with Gasteiger partial charge < -0.3 is 9.04 Å². The first kappa shape index (κ1) is 29.0. The van der Waals surface area contributed by atoms with Crippen molar-refractivity contribution in [2.75, 3.05) is 33.3 Å². The van der Waals surface area contributed by atoms with Crippen molar-refractivity contribution >= 4 is 10.4 Å². The van der Waals surface area contributed by atoms with E-state index in [1.165, 1.54) is 108 Å². The van der Waals surface area contributed by atoms with Crippen molar-refractivity contribution in [3.8, 4) is 0 Å². The summed E-state index contributed by atoms with van der Waals surface area (Å²) < 4.78 is 32.4. The highest BCUT2D eigenvalue weighted by Gasteiger charge is 2.19. The van der Waals surface area contributed by atoms with Gasteiger partial charge in [-0.3, -0.25) is 4.18 Å². The van der Waals surface area contributed by atoms with Crippen molar-refractivity contribution in [1.82, 2.24) is 0 Å². The summed E-state index contributed by atoms with van der Waals surface area (Å²) in [5.74, 6) is 0. The lowest BCUT2D eigenvalue weighted by atomic mass is 10.1. The van der Waals surface area contributed by atoms with Gasteiger partial charge >= 0.3 is 0 Å². The lowest BCUT2D eigenvalue weighted by molar-refractivity contribution is -0.923. The second-order valence-corrected chi connectivity index (χ2v) is 8.63. The normalized spacial score (nSPS) is 11.9. The minimum absolute atomic E-state index is 0.808. The molecule has 5 nitrogen and oxygen atoms in total. The fourth-order valence-corrected chi connectivity index (χ4v) is 3.43. The summed E-state index contributed by atoms with van der Waals surface area (Å²) in [5, 5.41) is 0. The van der Waals surface area contributed by atoms with Crippen LogP contribution in [0.1, 0.15) is 105 Å². The first-order valence-electron chi connectivity index (χ1n) is 11.2. The largest absolute Gasteiger partial charge is 0.726 e. The maximum atomic E-state index is 9.22. The molecule has 0 fully saturated rings. The predicted molar refractivity (Wildman–Crippen MR) is 115 cm³/mol. The van der Waals surface area contributed by atoms with Gasteiger partial charge in [-0.1, -0.05) is 71.1 Å². The van der Waals surface area contributed by atoms with Gasteiger partial charge in [-0.15, -0.1) is 0 Å². The van der Waals surface area contributed by atoms with Crippen LogP contribution >= 0.6 is 0 Å². The Morgan fingerprint density at radius 3 is 1.22 bits per heavy atom. The fourth-order valence-electron chi connectivity index (χ4n) is 3.43. The van der Waals surface area contributed by atoms with Crippen LogP contribution in [0.5, 0.6) is 0 Å². The van der Waals surface area contributed by atoms with Crippen molar-refractivity contribution in [2.45, 2.75) is 105 Å². The third-order valence-electron chi connectivity index (χ3n) is 5.70. The summed E-state index contributed by atoms with van der Waals surface area (Å²) in [6.45, 7) is 14.7. The molecular formula is C21H47NO4S. The van der Waals surface area contributed by atoms with Crippen molar-refractivity contribution in [3.05, 3.63) is 0 Å². The molecule has 0 radical (unpaired) electrons. The summed E-state index contributed by atoms with van der Waals surface area (Å²) in [6, 6.07) is 0. The lowest BCUT2D eigenvalue weighted by Crippen LogP contribution is -2.48. The van der Waals surface area contributed by atoms with Gasteiger partial charge in [0.05, 0.1) is 33.3 Å². The molecule has 0 heterocycles. The summed E-state index contributed by atoms with van der Waals surface area (Å²) in [4.78, 5) is 0. The first-order chi connectivity index (χ1) is 12.8. The van der Waals surface area contributed by atoms with Crippen LogP contribution in [0.15, 0.2) is 0 Å². The Morgan fingerprint density at radius 2 is 0.963 bits per heavy atom. The molecule has 6 heteroatoms. The summed E-state index contributed by atoms with van der Waals surface area (Å²) >= 11 is 0. The molecule has 0 amide bonds. The number of rotatable bonds is 17. The average Bonchev–Trinajstić information content (AvgIpc) is 2.66. The average molecular weight is 410 g/mol. The number of nitrogens with zero attached hydrogens (tertiary/aromatic N) is 1. The molecule has 0 aromatic carbocycles. The molecule has 0 aromatic heterocycles. The zero-order chi connectivity index (χ0) is 21.0. The van der Waals surface area contributed by atoms with E-state index in [1.807, 2.05) is 0 Å². The molecule has 166 valence electrons. The molecule has 0 aliphatic carbocycles. The third-order valence-corrected chi connectivity index (χ3v) is 6.11. The molecule has 0 saturated carbocycles. The van der Waals surface area contributed by atoms with Crippen molar-refractivity contribution < 1.29 is 21.6 Å². The Labute approximate surface area is 170 Å². The zero-order valence-electron chi connectivity index (χ0n) is 18.8. The van der Waals surface area contributed by atoms with Crippen LogP contribution in [0.3, 0.4) is 0 Å². The molecular weight excluding hydrogens is 362 g/mol. The molecule has 0 saturated heterocycles. The van der Waals surface area contributed by atoms with Gasteiger partial charge in [0.2, 0.25) is 10.4 Å². The highest BCUT2D eigenvalue weighted by atomic mass is 32.3. The maximum Gasteiger partial charge on any atom is 0.217 e. The van der Waals surface area contributed by atoms with Crippen LogP contribution in [-0.2, 0) is 14.6 Å². The second kappa shape index (κ2) is 19.2. The van der Waals surface area contributed by atoms with Gasteiger partial charge in [0.15, 0.2) is 0 Å². The molecule has 0 aromatic rings. The maximum absolute atomic E-state index is 9.22. The van der Waals surface area contributed by atoms with E-state index in [0.29, 0.717) is 0 Å². The van der Waals surface area contributed by atoms with Crippen molar-refractivity contribution in [1.29, 1.82) is 0 Å². The van der Waals surface area contributed by atoms with E-state index in [1.54, 1.807) is 0 Å². The SMILES string of the molecule is CCCCCCCCCCCCCC[N+](CC)(CC)CC.COS(=O)(=O)[O-]. The third kappa shape index (κ3) is 20.4. The van der Waals surface area contributed by atoms with Gasteiger partial charge in [0.25, 0.3) is 0 Å². The van der Waals surface area contributed by atoms with Gasteiger partial charge in [0, 0.05) is 0 Å². The minimum atomic E-state index is -4.41. The van der Waals surface area contributed by atoms with E-state index >= 15 is 0 Å². The second-order valence-electron chi connectivity index (χ2n) is 7.48. The van der Waals surface area contributed by atoms with Crippen LogP contribution in [0.4, 0.5) is 0 Å². The van der Waals surface area contributed by atoms with E-state index in [4.69, 9.17) is 0 Å². The zero-order valence-corrected chi connectivity index (χ0v) is 19.6. The van der Waals surface area contributed by atoms with E-state index in [9.17, 15) is 13.0 Å². The summed E-state index contributed by atoms with van der Waals surface area (Å²) in [7, 11) is -3.60. The van der Waals surface area contributed by atoms with Gasteiger partial charge in [0.1, 0.15) is 0 Å². The Balaban J connectivity index is 0. The van der Waals surface area contributed by atoms with E-state index in [2.05, 4.69) is 31.9 Å². The standard InChI is InChI=1S/C20H44N.CH4O4S/c1-5-9-10-11-12-13-14-15-16-17-18-19-20-21(6-2,7-3)8-4;1-5-6(2,3)4/h5-20H2,1-4H3;1H3,(H,2,3,4)/q+1;/p-1. The van der Waals surface area contributed by atoms with Crippen LogP contribution in [0.25, 0.3) is 0 Å². The fraction of sp³-hybridized carbons (Fsp3) is 1.00. The molecule has 0 aliphatic heterocycles.